The lowest BCUT2D eigenvalue weighted by Gasteiger charge is -2.10. The normalized spacial score (nSPS) is 10.7. The number of aromatic nitrogens is 3. The van der Waals surface area contributed by atoms with E-state index in [1.807, 2.05) is 31.2 Å². The molecule has 3 aromatic rings. The number of anilines is 1. The van der Waals surface area contributed by atoms with Crippen LogP contribution in [-0.4, -0.2) is 22.1 Å². The Bertz CT molecular complexity index is 786. The van der Waals surface area contributed by atoms with Crippen LogP contribution >= 0.6 is 0 Å². The number of nitrogens with two attached hydrogens (primary N) is 1. The Labute approximate surface area is 116 Å². The average molecular weight is 266 g/mol. The second kappa shape index (κ2) is 4.77. The Morgan fingerprint density at radius 1 is 1.05 bits per heavy atom. The van der Waals surface area contributed by atoms with Crippen LogP contribution in [0.25, 0.3) is 22.2 Å². The van der Waals surface area contributed by atoms with Crippen molar-refractivity contribution in [1.82, 2.24) is 15.0 Å². The van der Waals surface area contributed by atoms with Gasteiger partial charge < -0.3 is 10.5 Å². The minimum Gasteiger partial charge on any atom is -0.494 e. The highest BCUT2D eigenvalue weighted by molar-refractivity contribution is 5.97. The summed E-state index contributed by atoms with van der Waals surface area (Å²) in [4.78, 5) is 13.0. The van der Waals surface area contributed by atoms with Crippen LogP contribution in [0.3, 0.4) is 0 Å². The van der Waals surface area contributed by atoms with Crippen LogP contribution in [0.15, 0.2) is 36.7 Å². The minimum atomic E-state index is 0.395. The van der Waals surface area contributed by atoms with Crippen molar-refractivity contribution in [2.75, 3.05) is 12.8 Å². The highest BCUT2D eigenvalue weighted by atomic mass is 16.5. The summed E-state index contributed by atoms with van der Waals surface area (Å²) in [7, 11) is 1.64. The number of ether oxygens (including phenoxy) is 1. The molecule has 0 atom stereocenters. The maximum absolute atomic E-state index is 5.71. The second-order valence-electron chi connectivity index (χ2n) is 4.49. The predicted molar refractivity (Wildman–Crippen MR) is 78.5 cm³/mol. The summed E-state index contributed by atoms with van der Waals surface area (Å²) in [6.07, 6.45) is 3.22. The van der Waals surface area contributed by atoms with Crippen molar-refractivity contribution >= 4 is 16.7 Å². The summed E-state index contributed by atoms with van der Waals surface area (Å²) in [5.41, 5.74) is 9.12. The molecule has 2 heterocycles. The molecule has 0 unspecified atom stereocenters. The van der Waals surface area contributed by atoms with Gasteiger partial charge in [0, 0.05) is 16.6 Å². The molecule has 5 nitrogen and oxygen atoms in total. The molecule has 0 fully saturated rings. The van der Waals surface area contributed by atoms with Crippen molar-refractivity contribution in [3.63, 3.8) is 0 Å². The zero-order valence-corrected chi connectivity index (χ0v) is 11.3. The Balaban J connectivity index is 2.32. The molecule has 0 saturated heterocycles. The van der Waals surface area contributed by atoms with E-state index in [9.17, 15) is 0 Å². The van der Waals surface area contributed by atoms with Gasteiger partial charge in [0.1, 0.15) is 17.1 Å². The van der Waals surface area contributed by atoms with Gasteiger partial charge in [-0.3, -0.25) is 4.98 Å². The average Bonchev–Trinajstić information content (AvgIpc) is 2.46. The fraction of sp³-hybridized carbons (Fsp3) is 0.133. The lowest BCUT2D eigenvalue weighted by atomic mass is 10.0. The van der Waals surface area contributed by atoms with Crippen LogP contribution in [0.5, 0.6) is 5.75 Å². The molecule has 0 radical (unpaired) electrons. The van der Waals surface area contributed by atoms with Crippen molar-refractivity contribution in [2.45, 2.75) is 6.92 Å². The fourth-order valence-corrected chi connectivity index (χ4v) is 2.19. The number of methoxy groups -OCH3 is 1. The van der Waals surface area contributed by atoms with E-state index in [2.05, 4.69) is 15.0 Å². The summed E-state index contributed by atoms with van der Waals surface area (Å²) in [6.45, 7) is 1.95. The van der Waals surface area contributed by atoms with Crippen molar-refractivity contribution in [2.24, 2.45) is 0 Å². The van der Waals surface area contributed by atoms with Crippen molar-refractivity contribution in [3.05, 3.63) is 42.4 Å². The third kappa shape index (κ3) is 2.03. The van der Waals surface area contributed by atoms with E-state index >= 15 is 0 Å². The Kier molecular flexibility index (Phi) is 2.95. The highest BCUT2D eigenvalue weighted by Crippen LogP contribution is 2.32. The number of benzene rings is 1. The van der Waals surface area contributed by atoms with Crippen LogP contribution in [-0.2, 0) is 0 Å². The summed E-state index contributed by atoms with van der Waals surface area (Å²) in [6, 6.07) is 7.81. The molecular formula is C15H14N4O. The fourth-order valence-electron chi connectivity index (χ4n) is 2.19. The van der Waals surface area contributed by atoms with Crippen LogP contribution in [0.2, 0.25) is 0 Å². The van der Waals surface area contributed by atoms with Gasteiger partial charge in [0.15, 0.2) is 0 Å². The molecule has 5 heteroatoms. The molecule has 3 rings (SSSR count). The smallest absolute Gasteiger partial charge is 0.145 e. The maximum Gasteiger partial charge on any atom is 0.145 e. The molecule has 0 spiro atoms. The van der Waals surface area contributed by atoms with Gasteiger partial charge in [0.05, 0.1) is 25.2 Å². The molecule has 0 aliphatic rings. The predicted octanol–water partition coefficient (Wildman–Crippen LogP) is 2.59. The van der Waals surface area contributed by atoms with E-state index in [0.717, 1.165) is 33.6 Å². The number of nitrogen functional groups attached to an aromatic ring is 1. The van der Waals surface area contributed by atoms with E-state index in [4.69, 9.17) is 10.5 Å². The molecule has 2 aromatic heterocycles. The Morgan fingerprint density at radius 2 is 1.90 bits per heavy atom. The Hall–Kier alpha value is -2.69. The molecule has 100 valence electrons. The van der Waals surface area contributed by atoms with E-state index in [-0.39, 0.29) is 0 Å². The molecule has 0 bridgehead atoms. The third-order valence-electron chi connectivity index (χ3n) is 3.11. The number of aryl methyl sites for hydroxylation is 1. The number of nitrogens with zero attached hydrogens (tertiary/aromatic N) is 3. The first-order valence-corrected chi connectivity index (χ1v) is 6.21. The first-order valence-electron chi connectivity index (χ1n) is 6.21. The van der Waals surface area contributed by atoms with Gasteiger partial charge in [-0.1, -0.05) is 6.07 Å². The number of pyridine rings is 1. The van der Waals surface area contributed by atoms with Gasteiger partial charge in [-0.2, -0.15) is 0 Å². The summed E-state index contributed by atoms with van der Waals surface area (Å²) >= 11 is 0. The lowest BCUT2D eigenvalue weighted by molar-refractivity contribution is 0.419. The topological polar surface area (TPSA) is 73.9 Å². The van der Waals surface area contributed by atoms with Crippen molar-refractivity contribution < 1.29 is 4.74 Å². The minimum absolute atomic E-state index is 0.395. The largest absolute Gasteiger partial charge is 0.494 e. The number of fused-ring (bicyclic) bond motifs is 1. The molecule has 0 aliphatic carbocycles. The van der Waals surface area contributed by atoms with Crippen LogP contribution in [0, 0.1) is 6.92 Å². The SMILES string of the molecule is COc1ccc(-c2cncc(N)n2)c2ccc(C)nc12. The number of hydrogen-bond donors (Lipinski definition) is 1. The summed E-state index contributed by atoms with van der Waals surface area (Å²) in [5.74, 6) is 1.14. The first-order chi connectivity index (χ1) is 9.69. The van der Waals surface area contributed by atoms with Crippen LogP contribution < -0.4 is 10.5 Å². The molecule has 0 saturated carbocycles. The number of hydrogen-bond acceptors (Lipinski definition) is 5. The van der Waals surface area contributed by atoms with Crippen LogP contribution in [0.4, 0.5) is 5.82 Å². The molecule has 1 aromatic carbocycles. The number of rotatable bonds is 2. The van der Waals surface area contributed by atoms with Gasteiger partial charge in [0.2, 0.25) is 0 Å². The molecule has 0 amide bonds. The van der Waals surface area contributed by atoms with Crippen molar-refractivity contribution in [3.8, 4) is 17.0 Å². The molecule has 0 aliphatic heterocycles. The highest BCUT2D eigenvalue weighted by Gasteiger charge is 2.11. The van der Waals surface area contributed by atoms with Gasteiger partial charge in [-0.15, -0.1) is 0 Å². The van der Waals surface area contributed by atoms with E-state index in [1.54, 1.807) is 13.3 Å². The lowest BCUT2D eigenvalue weighted by Crippen LogP contribution is -1.96. The van der Waals surface area contributed by atoms with Crippen molar-refractivity contribution in [1.29, 1.82) is 0 Å². The summed E-state index contributed by atoms with van der Waals surface area (Å²) < 4.78 is 5.37. The zero-order chi connectivity index (χ0) is 14.1. The van der Waals surface area contributed by atoms with E-state index in [1.165, 1.54) is 6.20 Å². The Morgan fingerprint density at radius 3 is 2.65 bits per heavy atom. The quantitative estimate of drug-likeness (QED) is 0.771. The van der Waals surface area contributed by atoms with Gasteiger partial charge in [-0.25, -0.2) is 9.97 Å². The summed E-state index contributed by atoms with van der Waals surface area (Å²) in [5, 5.41) is 0.967. The zero-order valence-electron chi connectivity index (χ0n) is 11.3. The van der Waals surface area contributed by atoms with Gasteiger partial charge in [0.25, 0.3) is 0 Å². The third-order valence-corrected chi connectivity index (χ3v) is 3.11. The van der Waals surface area contributed by atoms with Gasteiger partial charge in [-0.05, 0) is 25.1 Å². The monoisotopic (exact) mass is 266 g/mol. The standard InChI is InChI=1S/C15H14N4O/c1-9-3-4-11-10(12-7-17-8-14(16)19-12)5-6-13(20-2)15(11)18-9/h3-8H,1-2H3,(H2,16,19). The molecular weight excluding hydrogens is 252 g/mol. The molecule has 2 N–H and O–H groups in total. The second-order valence-corrected chi connectivity index (χ2v) is 4.49. The molecule has 20 heavy (non-hydrogen) atoms. The van der Waals surface area contributed by atoms with Crippen LogP contribution in [0.1, 0.15) is 5.69 Å². The van der Waals surface area contributed by atoms with E-state index in [0.29, 0.717) is 5.82 Å². The maximum atomic E-state index is 5.71. The first kappa shape index (κ1) is 12.3. The van der Waals surface area contributed by atoms with E-state index < -0.39 is 0 Å². The van der Waals surface area contributed by atoms with Gasteiger partial charge >= 0.3 is 0 Å².